The van der Waals surface area contributed by atoms with Crippen molar-refractivity contribution in [2.45, 2.75) is 6.92 Å². The molecule has 2 rings (SSSR count). The molecule has 7 heteroatoms. The van der Waals surface area contributed by atoms with Crippen LogP contribution in [0.25, 0.3) is 0 Å². The molecular weight excluding hydrogens is 291 g/mol. The molecule has 6 nitrogen and oxygen atoms in total. The van der Waals surface area contributed by atoms with Crippen LogP contribution >= 0.6 is 0 Å². The summed E-state index contributed by atoms with van der Waals surface area (Å²) < 4.78 is 18.4. The summed E-state index contributed by atoms with van der Waals surface area (Å²) in [6.07, 6.45) is 0. The van der Waals surface area contributed by atoms with Crippen molar-refractivity contribution in [3.05, 3.63) is 64.0 Å². The van der Waals surface area contributed by atoms with E-state index >= 15 is 0 Å². The Morgan fingerprint density at radius 1 is 1.32 bits per heavy atom. The number of nitrogens with zero attached hydrogens (tertiary/aromatic N) is 1. The van der Waals surface area contributed by atoms with Crippen LogP contribution < -0.4 is 10.1 Å². The van der Waals surface area contributed by atoms with Crippen molar-refractivity contribution in [3.63, 3.8) is 0 Å². The number of carbonyl (C=O) groups is 1. The van der Waals surface area contributed by atoms with Crippen LogP contribution in [0.5, 0.6) is 5.75 Å². The van der Waals surface area contributed by atoms with Crippen molar-refractivity contribution >= 4 is 17.3 Å². The number of anilines is 1. The highest BCUT2D eigenvalue weighted by molar-refractivity contribution is 5.92. The van der Waals surface area contributed by atoms with Crippen molar-refractivity contribution in [1.82, 2.24) is 0 Å². The van der Waals surface area contributed by atoms with E-state index in [9.17, 15) is 19.3 Å². The number of ether oxygens (including phenoxy) is 1. The van der Waals surface area contributed by atoms with E-state index < -0.39 is 16.6 Å². The SMILES string of the molecule is Cc1cc([N+](=O)[O-])ccc1NC(=O)COc1ccccc1F. The molecule has 114 valence electrons. The Morgan fingerprint density at radius 2 is 2.05 bits per heavy atom. The smallest absolute Gasteiger partial charge is 0.269 e. The lowest BCUT2D eigenvalue weighted by Gasteiger charge is -2.09. The predicted molar refractivity (Wildman–Crippen MR) is 78.4 cm³/mol. The first-order valence-electron chi connectivity index (χ1n) is 6.39. The van der Waals surface area contributed by atoms with Crippen LogP contribution in [0, 0.1) is 22.9 Å². The average molecular weight is 304 g/mol. The molecule has 0 heterocycles. The van der Waals surface area contributed by atoms with Gasteiger partial charge in [0.15, 0.2) is 18.2 Å². The number of nitrogens with one attached hydrogen (secondary N) is 1. The topological polar surface area (TPSA) is 81.5 Å². The van der Waals surface area contributed by atoms with E-state index in [0.29, 0.717) is 11.3 Å². The van der Waals surface area contributed by atoms with Crippen molar-refractivity contribution in [3.8, 4) is 5.75 Å². The van der Waals surface area contributed by atoms with Crippen LogP contribution in [0.4, 0.5) is 15.8 Å². The zero-order valence-electron chi connectivity index (χ0n) is 11.7. The molecule has 0 aliphatic heterocycles. The van der Waals surface area contributed by atoms with E-state index in [1.165, 1.54) is 36.4 Å². The highest BCUT2D eigenvalue weighted by Gasteiger charge is 2.11. The number of hydrogen-bond acceptors (Lipinski definition) is 4. The molecule has 2 aromatic carbocycles. The minimum Gasteiger partial charge on any atom is -0.481 e. The Balaban J connectivity index is 1.98. The van der Waals surface area contributed by atoms with Gasteiger partial charge in [-0.1, -0.05) is 12.1 Å². The zero-order valence-corrected chi connectivity index (χ0v) is 11.7. The quantitative estimate of drug-likeness (QED) is 0.680. The summed E-state index contributed by atoms with van der Waals surface area (Å²) >= 11 is 0. The summed E-state index contributed by atoms with van der Waals surface area (Å²) in [5.74, 6) is -1.06. The van der Waals surface area contributed by atoms with Gasteiger partial charge in [0.1, 0.15) is 0 Å². The van der Waals surface area contributed by atoms with Gasteiger partial charge in [-0.3, -0.25) is 14.9 Å². The lowest BCUT2D eigenvalue weighted by Crippen LogP contribution is -2.21. The predicted octanol–water partition coefficient (Wildman–Crippen LogP) is 3.06. The van der Waals surface area contributed by atoms with Gasteiger partial charge in [0.2, 0.25) is 0 Å². The molecular formula is C15H13FN2O4. The molecule has 0 saturated heterocycles. The molecule has 22 heavy (non-hydrogen) atoms. The average Bonchev–Trinajstić information content (AvgIpc) is 2.48. The minimum atomic E-state index is -0.554. The van der Waals surface area contributed by atoms with Crippen LogP contribution in [-0.4, -0.2) is 17.4 Å². The molecule has 0 aliphatic carbocycles. The second-order valence-electron chi connectivity index (χ2n) is 4.52. The Labute approximate surface area is 125 Å². The van der Waals surface area contributed by atoms with E-state index in [4.69, 9.17) is 4.74 Å². The fourth-order valence-corrected chi connectivity index (χ4v) is 1.79. The van der Waals surface area contributed by atoms with Crippen LogP contribution in [0.2, 0.25) is 0 Å². The first-order valence-corrected chi connectivity index (χ1v) is 6.39. The molecule has 0 spiro atoms. The number of benzene rings is 2. The van der Waals surface area contributed by atoms with Crippen molar-refractivity contribution in [1.29, 1.82) is 0 Å². The Kier molecular flexibility index (Phi) is 4.67. The first-order chi connectivity index (χ1) is 10.5. The lowest BCUT2D eigenvalue weighted by atomic mass is 10.2. The highest BCUT2D eigenvalue weighted by atomic mass is 19.1. The standard InChI is InChI=1S/C15H13FN2O4/c1-10-8-11(18(20)21)6-7-13(10)17-15(19)9-22-14-5-3-2-4-12(14)16/h2-8H,9H2,1H3,(H,17,19). The molecule has 1 amide bonds. The second kappa shape index (κ2) is 6.66. The molecule has 0 unspecified atom stereocenters. The van der Waals surface area contributed by atoms with Gasteiger partial charge in [-0.2, -0.15) is 0 Å². The largest absolute Gasteiger partial charge is 0.481 e. The van der Waals surface area contributed by atoms with Gasteiger partial charge in [0.25, 0.3) is 11.6 Å². The number of halogens is 1. The Bertz CT molecular complexity index is 718. The van der Waals surface area contributed by atoms with Crippen molar-refractivity contribution in [2.75, 3.05) is 11.9 Å². The number of nitro groups is 1. The summed E-state index contributed by atoms with van der Waals surface area (Å²) in [5.41, 5.74) is 0.930. The number of amides is 1. The van der Waals surface area contributed by atoms with E-state index in [0.717, 1.165) is 0 Å². The minimum absolute atomic E-state index is 0.0157. The van der Waals surface area contributed by atoms with Gasteiger partial charge < -0.3 is 10.1 Å². The number of nitro benzene ring substituents is 1. The third kappa shape index (κ3) is 3.78. The number of hydrogen-bond donors (Lipinski definition) is 1. The highest BCUT2D eigenvalue weighted by Crippen LogP contribution is 2.21. The first kappa shape index (κ1) is 15.4. The summed E-state index contributed by atoms with van der Waals surface area (Å²) in [4.78, 5) is 21.9. The fourth-order valence-electron chi connectivity index (χ4n) is 1.79. The van der Waals surface area contributed by atoms with Crippen LogP contribution in [0.3, 0.4) is 0 Å². The fraction of sp³-hybridized carbons (Fsp3) is 0.133. The molecule has 0 aromatic heterocycles. The van der Waals surface area contributed by atoms with E-state index in [-0.39, 0.29) is 18.0 Å². The van der Waals surface area contributed by atoms with Crippen LogP contribution in [0.15, 0.2) is 42.5 Å². The summed E-state index contributed by atoms with van der Waals surface area (Å²) in [6, 6.07) is 9.84. The molecule has 1 N–H and O–H groups in total. The Morgan fingerprint density at radius 3 is 2.68 bits per heavy atom. The van der Waals surface area contributed by atoms with E-state index in [2.05, 4.69) is 5.32 Å². The number of rotatable bonds is 5. The maximum atomic E-state index is 13.3. The second-order valence-corrected chi connectivity index (χ2v) is 4.52. The third-order valence-corrected chi connectivity index (χ3v) is 2.89. The maximum Gasteiger partial charge on any atom is 0.269 e. The summed E-state index contributed by atoms with van der Waals surface area (Å²) in [5, 5.41) is 13.2. The van der Waals surface area contributed by atoms with E-state index in [1.54, 1.807) is 13.0 Å². The molecule has 0 aliphatic rings. The van der Waals surface area contributed by atoms with Crippen molar-refractivity contribution in [2.24, 2.45) is 0 Å². The number of carbonyl (C=O) groups excluding carboxylic acids is 1. The zero-order chi connectivity index (χ0) is 16.1. The van der Waals surface area contributed by atoms with Gasteiger partial charge in [-0.05, 0) is 30.7 Å². The third-order valence-electron chi connectivity index (χ3n) is 2.89. The summed E-state index contributed by atoms with van der Waals surface area (Å²) in [7, 11) is 0. The van der Waals surface area contributed by atoms with Crippen LogP contribution in [0.1, 0.15) is 5.56 Å². The van der Waals surface area contributed by atoms with Gasteiger partial charge in [0, 0.05) is 17.8 Å². The number of aryl methyl sites for hydroxylation is 1. The lowest BCUT2D eigenvalue weighted by molar-refractivity contribution is -0.384. The summed E-state index contributed by atoms with van der Waals surface area (Å²) in [6.45, 7) is 1.28. The molecule has 0 bridgehead atoms. The van der Waals surface area contributed by atoms with Crippen molar-refractivity contribution < 1.29 is 18.8 Å². The molecule has 0 fully saturated rings. The maximum absolute atomic E-state index is 13.3. The molecule has 0 radical (unpaired) electrons. The molecule has 2 aromatic rings. The van der Waals surface area contributed by atoms with Gasteiger partial charge in [-0.15, -0.1) is 0 Å². The van der Waals surface area contributed by atoms with Crippen LogP contribution in [-0.2, 0) is 4.79 Å². The van der Waals surface area contributed by atoms with Gasteiger partial charge >= 0.3 is 0 Å². The normalized spacial score (nSPS) is 10.1. The molecule has 0 atom stereocenters. The molecule has 0 saturated carbocycles. The monoisotopic (exact) mass is 304 g/mol. The number of non-ortho nitro benzene ring substituents is 1. The van der Waals surface area contributed by atoms with E-state index in [1.807, 2.05) is 0 Å². The number of para-hydroxylation sites is 1. The van der Waals surface area contributed by atoms with Gasteiger partial charge in [0.05, 0.1) is 4.92 Å². The van der Waals surface area contributed by atoms with Gasteiger partial charge in [-0.25, -0.2) is 4.39 Å². The Hall–Kier alpha value is -2.96.